The first-order valence-corrected chi connectivity index (χ1v) is 7.91. The topological polar surface area (TPSA) is 32.3 Å². The van der Waals surface area contributed by atoms with Crippen molar-refractivity contribution in [2.24, 2.45) is 0 Å². The number of amides is 1. The molecule has 1 fully saturated rings. The Morgan fingerprint density at radius 2 is 2.47 bits per heavy atom. The molecule has 1 amide bonds. The molecule has 0 bridgehead atoms. The van der Waals surface area contributed by atoms with Gasteiger partial charge in [-0.3, -0.25) is 4.79 Å². The first-order valence-electron chi connectivity index (χ1n) is 7.03. The molecule has 1 aromatic rings. The second-order valence-electron chi connectivity index (χ2n) is 4.87. The van der Waals surface area contributed by atoms with Gasteiger partial charge in [-0.1, -0.05) is 12.5 Å². The van der Waals surface area contributed by atoms with Gasteiger partial charge < -0.3 is 10.2 Å². The summed E-state index contributed by atoms with van der Waals surface area (Å²) in [4.78, 5) is 15.2. The molecule has 2 heterocycles. The lowest BCUT2D eigenvalue weighted by molar-refractivity contribution is -0.126. The van der Waals surface area contributed by atoms with E-state index in [4.69, 9.17) is 0 Å². The van der Waals surface area contributed by atoms with E-state index in [-0.39, 0.29) is 5.91 Å². The van der Waals surface area contributed by atoms with Gasteiger partial charge in [0.2, 0.25) is 5.91 Å². The van der Waals surface area contributed by atoms with Crippen molar-refractivity contribution in [3.63, 3.8) is 0 Å². The summed E-state index contributed by atoms with van der Waals surface area (Å²) in [5.41, 5.74) is 0. The Morgan fingerprint density at radius 3 is 3.11 bits per heavy atom. The van der Waals surface area contributed by atoms with E-state index in [1.54, 1.807) is 17.4 Å². The summed E-state index contributed by atoms with van der Waals surface area (Å²) >= 11 is 1.65. The molecule has 1 atom stereocenters. The molecule has 2 rings (SSSR count). The van der Waals surface area contributed by atoms with Gasteiger partial charge in [0.25, 0.3) is 0 Å². The van der Waals surface area contributed by atoms with Crippen LogP contribution in [0.4, 0.5) is 0 Å². The molecule has 0 saturated carbocycles. The Morgan fingerprint density at radius 1 is 1.58 bits per heavy atom. The Hall–Kier alpha value is -1.13. The first kappa shape index (κ1) is 14.3. The van der Waals surface area contributed by atoms with Crippen LogP contribution in [0.25, 0.3) is 6.08 Å². The number of likely N-dealkylation sites (N-methyl/N-ethyl adjacent to an activating group) is 1. The van der Waals surface area contributed by atoms with Crippen LogP contribution in [0, 0.1) is 0 Å². The molecule has 0 spiro atoms. The minimum absolute atomic E-state index is 0.114. The first-order chi connectivity index (χ1) is 9.29. The quantitative estimate of drug-likeness (QED) is 0.840. The van der Waals surface area contributed by atoms with Crippen molar-refractivity contribution in [1.82, 2.24) is 10.2 Å². The van der Waals surface area contributed by atoms with Crippen LogP contribution in [0.1, 0.15) is 31.1 Å². The number of thiophene rings is 1. The van der Waals surface area contributed by atoms with E-state index in [0.717, 1.165) is 24.5 Å². The Bertz CT molecular complexity index is 408. The summed E-state index contributed by atoms with van der Waals surface area (Å²) in [6, 6.07) is 4.49. The number of carbonyl (C=O) groups is 1. The third-order valence-electron chi connectivity index (χ3n) is 3.48. The maximum absolute atomic E-state index is 12.2. The van der Waals surface area contributed by atoms with Crippen LogP contribution in [0.15, 0.2) is 23.6 Å². The summed E-state index contributed by atoms with van der Waals surface area (Å²) < 4.78 is 0. The highest BCUT2D eigenvalue weighted by Crippen LogP contribution is 2.12. The van der Waals surface area contributed by atoms with Gasteiger partial charge >= 0.3 is 0 Å². The molecule has 1 aliphatic heterocycles. The number of nitrogens with one attached hydrogen (secondary N) is 1. The van der Waals surface area contributed by atoms with Gasteiger partial charge in [0, 0.05) is 30.1 Å². The van der Waals surface area contributed by atoms with E-state index >= 15 is 0 Å². The highest BCUT2D eigenvalue weighted by atomic mass is 32.1. The highest BCUT2D eigenvalue weighted by Gasteiger charge is 2.17. The van der Waals surface area contributed by atoms with Gasteiger partial charge in [-0.15, -0.1) is 11.3 Å². The average Bonchev–Trinajstić information content (AvgIpc) is 2.96. The highest BCUT2D eigenvalue weighted by molar-refractivity contribution is 7.10. The van der Waals surface area contributed by atoms with Gasteiger partial charge in [0.15, 0.2) is 0 Å². The summed E-state index contributed by atoms with van der Waals surface area (Å²) in [6.07, 6.45) is 7.31. The number of nitrogens with zero attached hydrogens (tertiary/aromatic N) is 1. The molecule has 1 aromatic heterocycles. The number of rotatable bonds is 5. The smallest absolute Gasteiger partial charge is 0.246 e. The third kappa shape index (κ3) is 4.48. The van der Waals surface area contributed by atoms with Crippen molar-refractivity contribution in [2.45, 2.75) is 32.2 Å². The zero-order valence-corrected chi connectivity index (χ0v) is 12.3. The molecule has 1 aliphatic rings. The standard InChI is InChI=1S/C15H22N2OS/c1-2-17(12-13-6-3-4-10-16-13)15(18)9-8-14-7-5-11-19-14/h5,7-9,11,13,16H,2-4,6,10,12H2,1H3/b9-8+. The van der Waals surface area contributed by atoms with E-state index in [2.05, 4.69) is 5.32 Å². The van der Waals surface area contributed by atoms with Gasteiger partial charge in [-0.05, 0) is 43.8 Å². The molecule has 1 N–H and O–H groups in total. The second kappa shape index (κ2) is 7.46. The number of hydrogen-bond acceptors (Lipinski definition) is 3. The second-order valence-corrected chi connectivity index (χ2v) is 5.85. The van der Waals surface area contributed by atoms with E-state index in [9.17, 15) is 4.79 Å². The van der Waals surface area contributed by atoms with Crippen LogP contribution in [0.2, 0.25) is 0 Å². The summed E-state index contributed by atoms with van der Waals surface area (Å²) in [5, 5.41) is 5.51. The predicted octanol–water partition coefficient (Wildman–Crippen LogP) is 2.75. The van der Waals surface area contributed by atoms with Crippen molar-refractivity contribution < 1.29 is 4.79 Å². The molecule has 1 unspecified atom stereocenters. The number of hydrogen-bond donors (Lipinski definition) is 1. The van der Waals surface area contributed by atoms with Gasteiger partial charge in [0.05, 0.1) is 0 Å². The SMILES string of the molecule is CCN(CC1CCCCN1)C(=O)/C=C/c1cccs1. The van der Waals surface area contributed by atoms with Crippen molar-refractivity contribution in [3.05, 3.63) is 28.5 Å². The largest absolute Gasteiger partial charge is 0.338 e. The molecule has 3 nitrogen and oxygen atoms in total. The van der Waals surface area contributed by atoms with E-state index in [1.807, 2.05) is 35.4 Å². The van der Waals surface area contributed by atoms with Crippen LogP contribution in [0.3, 0.4) is 0 Å². The van der Waals surface area contributed by atoms with E-state index in [0.29, 0.717) is 6.04 Å². The zero-order valence-electron chi connectivity index (χ0n) is 11.5. The molecule has 1 saturated heterocycles. The zero-order chi connectivity index (χ0) is 13.5. The minimum Gasteiger partial charge on any atom is -0.338 e. The summed E-state index contributed by atoms with van der Waals surface area (Å²) in [6.45, 7) is 4.72. The molecular formula is C15H22N2OS. The van der Waals surface area contributed by atoms with Crippen LogP contribution in [0.5, 0.6) is 0 Å². The number of carbonyl (C=O) groups excluding carboxylic acids is 1. The van der Waals surface area contributed by atoms with Crippen molar-refractivity contribution in [1.29, 1.82) is 0 Å². The summed E-state index contributed by atoms with van der Waals surface area (Å²) in [7, 11) is 0. The Labute approximate surface area is 119 Å². The fourth-order valence-electron chi connectivity index (χ4n) is 2.37. The lowest BCUT2D eigenvalue weighted by Gasteiger charge is -2.29. The Kier molecular flexibility index (Phi) is 5.61. The van der Waals surface area contributed by atoms with Crippen molar-refractivity contribution in [2.75, 3.05) is 19.6 Å². The molecule has 4 heteroatoms. The van der Waals surface area contributed by atoms with Crippen LogP contribution < -0.4 is 5.32 Å². The fourth-order valence-corrected chi connectivity index (χ4v) is 2.98. The van der Waals surface area contributed by atoms with Crippen LogP contribution >= 0.6 is 11.3 Å². The molecule has 104 valence electrons. The van der Waals surface area contributed by atoms with Crippen molar-refractivity contribution >= 4 is 23.3 Å². The third-order valence-corrected chi connectivity index (χ3v) is 4.32. The average molecular weight is 278 g/mol. The van der Waals surface area contributed by atoms with Gasteiger partial charge in [-0.25, -0.2) is 0 Å². The minimum atomic E-state index is 0.114. The summed E-state index contributed by atoms with van der Waals surface area (Å²) in [5.74, 6) is 0.114. The maximum atomic E-state index is 12.2. The molecule has 0 aromatic carbocycles. The van der Waals surface area contributed by atoms with Gasteiger partial charge in [0.1, 0.15) is 0 Å². The molecular weight excluding hydrogens is 256 g/mol. The predicted molar refractivity (Wildman–Crippen MR) is 81.2 cm³/mol. The monoisotopic (exact) mass is 278 g/mol. The molecule has 19 heavy (non-hydrogen) atoms. The van der Waals surface area contributed by atoms with Crippen molar-refractivity contribution in [3.8, 4) is 0 Å². The Balaban J connectivity index is 1.87. The van der Waals surface area contributed by atoms with E-state index in [1.165, 1.54) is 19.3 Å². The molecule has 0 radical (unpaired) electrons. The normalized spacial score (nSPS) is 19.7. The van der Waals surface area contributed by atoms with Crippen LogP contribution in [-0.4, -0.2) is 36.5 Å². The van der Waals surface area contributed by atoms with Gasteiger partial charge in [-0.2, -0.15) is 0 Å². The fraction of sp³-hybridized carbons (Fsp3) is 0.533. The lowest BCUT2D eigenvalue weighted by atomic mass is 10.0. The van der Waals surface area contributed by atoms with E-state index < -0.39 is 0 Å². The number of piperidine rings is 1. The van der Waals surface area contributed by atoms with Crippen LogP contribution in [-0.2, 0) is 4.79 Å². The lowest BCUT2D eigenvalue weighted by Crippen LogP contribution is -2.45. The maximum Gasteiger partial charge on any atom is 0.246 e. The molecule has 0 aliphatic carbocycles.